The lowest BCUT2D eigenvalue weighted by Crippen LogP contribution is -2.36. The highest BCUT2D eigenvalue weighted by molar-refractivity contribution is 6.46. The zero-order chi connectivity index (χ0) is 20.5. The molecule has 29 heavy (non-hydrogen) atoms. The molecule has 1 N–H and O–H groups in total. The second kappa shape index (κ2) is 7.97. The molecule has 2 aromatic carbocycles. The third-order valence-corrected chi connectivity index (χ3v) is 5.52. The van der Waals surface area contributed by atoms with Crippen molar-refractivity contribution in [1.82, 2.24) is 4.90 Å². The molecule has 2 fully saturated rings. The van der Waals surface area contributed by atoms with E-state index in [1.54, 1.807) is 24.3 Å². The summed E-state index contributed by atoms with van der Waals surface area (Å²) < 4.78 is 19.1. The molecular formula is C22H19ClFNO4. The maximum atomic E-state index is 13.5. The van der Waals surface area contributed by atoms with Crippen LogP contribution in [0.25, 0.3) is 5.76 Å². The smallest absolute Gasteiger partial charge is 0.295 e. The lowest BCUT2D eigenvalue weighted by Gasteiger charge is -2.27. The molecule has 2 aliphatic rings. The number of aliphatic hydroxyl groups is 1. The van der Waals surface area contributed by atoms with Crippen LogP contribution in [0.1, 0.15) is 30.0 Å². The highest BCUT2D eigenvalue weighted by Crippen LogP contribution is 2.40. The predicted octanol–water partition coefficient (Wildman–Crippen LogP) is 4.08. The Bertz CT molecular complexity index is 965. The van der Waals surface area contributed by atoms with E-state index in [9.17, 15) is 19.1 Å². The number of hydrogen-bond donors (Lipinski definition) is 1. The van der Waals surface area contributed by atoms with E-state index < -0.39 is 23.5 Å². The highest BCUT2D eigenvalue weighted by Gasteiger charge is 2.47. The van der Waals surface area contributed by atoms with Crippen molar-refractivity contribution in [3.8, 4) is 0 Å². The quantitative estimate of drug-likeness (QED) is 0.464. The number of amides is 1. The summed E-state index contributed by atoms with van der Waals surface area (Å²) >= 11 is 5.91. The first kappa shape index (κ1) is 19.6. The van der Waals surface area contributed by atoms with Gasteiger partial charge in [0.25, 0.3) is 11.7 Å². The Morgan fingerprint density at radius 1 is 1.14 bits per heavy atom. The number of benzene rings is 2. The van der Waals surface area contributed by atoms with E-state index in [-0.39, 0.29) is 24.0 Å². The van der Waals surface area contributed by atoms with Crippen LogP contribution in [0.15, 0.2) is 54.1 Å². The molecule has 0 aliphatic carbocycles. The van der Waals surface area contributed by atoms with E-state index in [4.69, 9.17) is 16.3 Å². The van der Waals surface area contributed by atoms with E-state index in [0.717, 1.165) is 12.8 Å². The fourth-order valence-electron chi connectivity index (χ4n) is 3.83. The largest absolute Gasteiger partial charge is 0.507 e. The summed E-state index contributed by atoms with van der Waals surface area (Å²) in [6, 6.07) is 11.1. The number of ketones is 1. The molecule has 0 bridgehead atoms. The SMILES string of the molecule is O=C1C(=O)N(CC2CCCO2)C(c2ccc(F)cc2)/C1=C(\O)c1ccc(Cl)cc1. The average Bonchev–Trinajstić information content (AvgIpc) is 3.31. The van der Waals surface area contributed by atoms with Crippen molar-refractivity contribution in [3.05, 3.63) is 76.1 Å². The Morgan fingerprint density at radius 2 is 1.83 bits per heavy atom. The van der Waals surface area contributed by atoms with Crippen molar-refractivity contribution >= 4 is 29.1 Å². The standard InChI is InChI=1S/C22H19ClFNO4/c23-15-7-3-14(4-8-15)20(26)18-19(13-5-9-16(24)10-6-13)25(22(28)21(18)27)12-17-2-1-11-29-17/h3-10,17,19,26H,1-2,11-12H2/b20-18+. The van der Waals surface area contributed by atoms with Crippen LogP contribution in [0.4, 0.5) is 4.39 Å². The molecule has 5 nitrogen and oxygen atoms in total. The molecule has 4 rings (SSSR count). The van der Waals surface area contributed by atoms with Crippen LogP contribution in [0, 0.1) is 5.82 Å². The first-order chi connectivity index (χ1) is 14.0. The number of Topliss-reactive ketones (excluding diaryl/α,β-unsaturated/α-hetero) is 1. The maximum Gasteiger partial charge on any atom is 0.295 e. The van der Waals surface area contributed by atoms with Crippen LogP contribution >= 0.6 is 11.6 Å². The summed E-state index contributed by atoms with van der Waals surface area (Å²) in [5.41, 5.74) is 0.887. The lowest BCUT2D eigenvalue weighted by atomic mass is 9.95. The van der Waals surface area contributed by atoms with Gasteiger partial charge in [0, 0.05) is 23.7 Å². The number of hydrogen-bond acceptors (Lipinski definition) is 4. The monoisotopic (exact) mass is 415 g/mol. The van der Waals surface area contributed by atoms with E-state index in [1.165, 1.54) is 29.2 Å². The molecule has 7 heteroatoms. The van der Waals surface area contributed by atoms with Crippen LogP contribution in [-0.2, 0) is 14.3 Å². The van der Waals surface area contributed by atoms with Crippen molar-refractivity contribution in [2.75, 3.05) is 13.2 Å². The van der Waals surface area contributed by atoms with Gasteiger partial charge in [0.05, 0.1) is 17.7 Å². The van der Waals surface area contributed by atoms with Gasteiger partial charge in [-0.15, -0.1) is 0 Å². The minimum absolute atomic E-state index is 0.0260. The molecule has 0 saturated carbocycles. The molecule has 2 saturated heterocycles. The molecule has 2 heterocycles. The number of halogens is 2. The van der Waals surface area contributed by atoms with Crippen LogP contribution in [0.3, 0.4) is 0 Å². The molecular weight excluding hydrogens is 397 g/mol. The fraction of sp³-hybridized carbons (Fsp3) is 0.273. The second-order valence-corrected chi connectivity index (χ2v) is 7.58. The van der Waals surface area contributed by atoms with Crippen LogP contribution in [0.5, 0.6) is 0 Å². The topological polar surface area (TPSA) is 66.8 Å². The Morgan fingerprint density at radius 3 is 2.45 bits per heavy atom. The fourth-order valence-corrected chi connectivity index (χ4v) is 3.96. The normalized spacial score (nSPS) is 23.7. The number of rotatable bonds is 4. The van der Waals surface area contributed by atoms with Gasteiger partial charge in [0.2, 0.25) is 0 Å². The first-order valence-electron chi connectivity index (χ1n) is 9.37. The molecule has 2 aromatic rings. The number of carbonyl (C=O) groups excluding carboxylic acids is 2. The second-order valence-electron chi connectivity index (χ2n) is 7.14. The number of ether oxygens (including phenoxy) is 1. The van der Waals surface area contributed by atoms with Crippen molar-refractivity contribution in [1.29, 1.82) is 0 Å². The third kappa shape index (κ3) is 3.78. The zero-order valence-electron chi connectivity index (χ0n) is 15.5. The van der Waals surface area contributed by atoms with Gasteiger partial charge in [-0.2, -0.15) is 0 Å². The number of aliphatic hydroxyl groups excluding tert-OH is 1. The van der Waals surface area contributed by atoms with E-state index in [0.29, 0.717) is 22.8 Å². The van der Waals surface area contributed by atoms with Gasteiger partial charge in [-0.1, -0.05) is 23.7 Å². The molecule has 2 aliphatic heterocycles. The first-order valence-corrected chi connectivity index (χ1v) is 9.75. The number of likely N-dealkylation sites (tertiary alicyclic amines) is 1. The molecule has 150 valence electrons. The van der Waals surface area contributed by atoms with Gasteiger partial charge in [-0.3, -0.25) is 9.59 Å². The lowest BCUT2D eigenvalue weighted by molar-refractivity contribution is -0.140. The average molecular weight is 416 g/mol. The summed E-state index contributed by atoms with van der Waals surface area (Å²) in [6.07, 6.45) is 1.50. The number of carbonyl (C=O) groups is 2. The van der Waals surface area contributed by atoms with Gasteiger partial charge in [0.1, 0.15) is 11.6 Å². The molecule has 0 spiro atoms. The minimum atomic E-state index is -0.824. The molecule has 0 radical (unpaired) electrons. The molecule has 0 aromatic heterocycles. The summed E-state index contributed by atoms with van der Waals surface area (Å²) in [6.45, 7) is 0.838. The molecule has 1 amide bonds. The Hall–Kier alpha value is -2.70. The van der Waals surface area contributed by atoms with Gasteiger partial charge >= 0.3 is 0 Å². The van der Waals surface area contributed by atoms with Crippen LogP contribution in [0.2, 0.25) is 5.02 Å². The van der Waals surface area contributed by atoms with Crippen molar-refractivity contribution in [2.24, 2.45) is 0 Å². The van der Waals surface area contributed by atoms with Gasteiger partial charge in [0.15, 0.2) is 0 Å². The Kier molecular flexibility index (Phi) is 5.39. The molecule has 2 unspecified atom stereocenters. The van der Waals surface area contributed by atoms with Gasteiger partial charge in [-0.05, 0) is 54.8 Å². The number of nitrogens with zero attached hydrogens (tertiary/aromatic N) is 1. The minimum Gasteiger partial charge on any atom is -0.507 e. The predicted molar refractivity (Wildman–Crippen MR) is 106 cm³/mol. The maximum absolute atomic E-state index is 13.5. The molecule has 2 atom stereocenters. The van der Waals surface area contributed by atoms with E-state index >= 15 is 0 Å². The van der Waals surface area contributed by atoms with Crippen LogP contribution < -0.4 is 0 Å². The summed E-state index contributed by atoms with van der Waals surface area (Å²) in [5, 5.41) is 11.4. The third-order valence-electron chi connectivity index (χ3n) is 5.27. The van der Waals surface area contributed by atoms with E-state index in [1.807, 2.05) is 0 Å². The Balaban J connectivity index is 1.81. The van der Waals surface area contributed by atoms with Crippen molar-refractivity contribution in [2.45, 2.75) is 25.0 Å². The highest BCUT2D eigenvalue weighted by atomic mass is 35.5. The van der Waals surface area contributed by atoms with Gasteiger partial charge in [-0.25, -0.2) is 4.39 Å². The van der Waals surface area contributed by atoms with E-state index in [2.05, 4.69) is 0 Å². The van der Waals surface area contributed by atoms with Crippen molar-refractivity contribution in [3.63, 3.8) is 0 Å². The summed E-state index contributed by atoms with van der Waals surface area (Å²) in [7, 11) is 0. The summed E-state index contributed by atoms with van der Waals surface area (Å²) in [4.78, 5) is 27.1. The Labute approximate surface area is 172 Å². The van der Waals surface area contributed by atoms with Crippen molar-refractivity contribution < 1.29 is 23.8 Å². The van der Waals surface area contributed by atoms with Gasteiger partial charge < -0.3 is 14.7 Å². The zero-order valence-corrected chi connectivity index (χ0v) is 16.2. The van der Waals surface area contributed by atoms with Crippen LogP contribution in [-0.4, -0.2) is 41.0 Å². The summed E-state index contributed by atoms with van der Waals surface area (Å²) in [5.74, 6) is -2.19.